The van der Waals surface area contributed by atoms with Crippen molar-refractivity contribution in [3.8, 4) is 5.75 Å². The number of hydrogen-bond donors (Lipinski definition) is 1. The van der Waals surface area contributed by atoms with E-state index in [0.717, 1.165) is 59.6 Å². The highest BCUT2D eigenvalue weighted by atomic mass is 35.5. The summed E-state index contributed by atoms with van der Waals surface area (Å²) in [5.74, 6) is 0.869. The molecule has 0 radical (unpaired) electrons. The minimum atomic E-state index is 0.566. The topological polar surface area (TPSA) is 33.7 Å². The first kappa shape index (κ1) is 19.6. The van der Waals surface area contributed by atoms with E-state index in [2.05, 4.69) is 46.6 Å². The average Bonchev–Trinajstić information content (AvgIpc) is 2.78. The third kappa shape index (κ3) is 5.43. The number of hydrogen-bond acceptors (Lipinski definition) is 4. The van der Waals surface area contributed by atoms with Gasteiger partial charge in [0.05, 0.1) is 23.9 Å². The van der Waals surface area contributed by atoms with Crippen LogP contribution < -0.4 is 15.0 Å². The molecule has 0 unspecified atom stereocenters. The largest absolute Gasteiger partial charge is 0.489 e. The van der Waals surface area contributed by atoms with Crippen LogP contribution in [0, 0.1) is 0 Å². The number of benzene rings is 3. The molecule has 3 aromatic carbocycles. The van der Waals surface area contributed by atoms with Crippen LogP contribution in [0.4, 0.5) is 11.4 Å². The van der Waals surface area contributed by atoms with Crippen molar-refractivity contribution in [2.24, 2.45) is 0 Å². The monoisotopic (exact) mass is 408 g/mol. The van der Waals surface area contributed by atoms with Crippen molar-refractivity contribution in [3.05, 3.63) is 88.9 Å². The molecule has 4 nitrogen and oxygen atoms in total. The van der Waals surface area contributed by atoms with Gasteiger partial charge in [0.15, 0.2) is 0 Å². The van der Waals surface area contributed by atoms with E-state index in [-0.39, 0.29) is 0 Å². The van der Waals surface area contributed by atoms with E-state index in [1.54, 1.807) is 0 Å². The lowest BCUT2D eigenvalue weighted by atomic mass is 10.2. The van der Waals surface area contributed by atoms with Gasteiger partial charge in [-0.3, -0.25) is 0 Å². The fourth-order valence-electron chi connectivity index (χ4n) is 3.37. The highest BCUT2D eigenvalue weighted by Gasteiger charge is 2.14. The van der Waals surface area contributed by atoms with E-state index >= 15 is 0 Å². The lowest BCUT2D eigenvalue weighted by molar-refractivity contribution is 0.122. The van der Waals surface area contributed by atoms with Crippen molar-refractivity contribution < 1.29 is 9.47 Å². The molecule has 5 heteroatoms. The second-order valence-electron chi connectivity index (χ2n) is 7.04. The maximum Gasteiger partial charge on any atom is 0.120 e. The second kappa shape index (κ2) is 9.68. The van der Waals surface area contributed by atoms with Gasteiger partial charge in [0.2, 0.25) is 0 Å². The van der Waals surface area contributed by atoms with Gasteiger partial charge in [0.1, 0.15) is 12.4 Å². The first-order chi connectivity index (χ1) is 14.3. The number of nitrogens with zero attached hydrogens (tertiary/aromatic N) is 1. The summed E-state index contributed by atoms with van der Waals surface area (Å²) in [6, 6.07) is 24.5. The van der Waals surface area contributed by atoms with Gasteiger partial charge in [-0.15, -0.1) is 0 Å². The molecule has 0 atom stereocenters. The van der Waals surface area contributed by atoms with E-state index < -0.39 is 0 Å². The Labute approximate surface area is 177 Å². The molecule has 0 bridgehead atoms. The Morgan fingerprint density at radius 3 is 2.48 bits per heavy atom. The normalized spacial score (nSPS) is 13.9. The molecular formula is C24H25ClN2O2. The van der Waals surface area contributed by atoms with Crippen molar-refractivity contribution in [1.82, 2.24) is 0 Å². The van der Waals surface area contributed by atoms with Gasteiger partial charge in [-0.1, -0.05) is 54.1 Å². The van der Waals surface area contributed by atoms with Gasteiger partial charge < -0.3 is 19.7 Å². The quantitative estimate of drug-likeness (QED) is 0.570. The molecule has 4 rings (SSSR count). The lowest BCUT2D eigenvalue weighted by Gasteiger charge is -2.29. The first-order valence-electron chi connectivity index (χ1n) is 9.90. The van der Waals surface area contributed by atoms with Crippen LogP contribution in [0.3, 0.4) is 0 Å². The molecule has 3 aromatic rings. The molecule has 0 aromatic heterocycles. The number of halogens is 1. The van der Waals surface area contributed by atoms with Gasteiger partial charge in [-0.05, 0) is 41.5 Å². The van der Waals surface area contributed by atoms with Gasteiger partial charge in [0.25, 0.3) is 0 Å². The maximum absolute atomic E-state index is 6.53. The predicted molar refractivity (Wildman–Crippen MR) is 119 cm³/mol. The number of rotatable bonds is 7. The average molecular weight is 409 g/mol. The number of morpholine rings is 1. The van der Waals surface area contributed by atoms with Gasteiger partial charge in [-0.25, -0.2) is 0 Å². The van der Waals surface area contributed by atoms with Gasteiger partial charge in [0, 0.05) is 25.3 Å². The Morgan fingerprint density at radius 2 is 1.69 bits per heavy atom. The maximum atomic E-state index is 6.53. The fraction of sp³-hybridized carbons (Fsp3) is 0.250. The van der Waals surface area contributed by atoms with Crippen LogP contribution >= 0.6 is 11.6 Å². The summed E-state index contributed by atoms with van der Waals surface area (Å²) in [6.07, 6.45) is 0. The van der Waals surface area contributed by atoms with Crippen molar-refractivity contribution in [2.75, 3.05) is 36.5 Å². The molecule has 1 aliphatic heterocycles. The summed E-state index contributed by atoms with van der Waals surface area (Å²) < 4.78 is 11.3. The minimum Gasteiger partial charge on any atom is -0.489 e. The van der Waals surface area contributed by atoms with Crippen LogP contribution in [0.5, 0.6) is 5.75 Å². The molecule has 1 aliphatic rings. The minimum absolute atomic E-state index is 0.566. The summed E-state index contributed by atoms with van der Waals surface area (Å²) in [5, 5.41) is 4.21. The standard InChI is InChI=1S/C24H25ClN2O2/c25-23-16-21(9-10-24(23)27-11-13-28-14-12-27)26-17-20-7-4-8-22(15-20)29-18-19-5-2-1-3-6-19/h1-10,15-16,26H,11-14,17-18H2. The Balaban J connectivity index is 1.34. The highest BCUT2D eigenvalue weighted by molar-refractivity contribution is 6.33. The van der Waals surface area contributed by atoms with Crippen molar-refractivity contribution in [2.45, 2.75) is 13.2 Å². The predicted octanol–water partition coefficient (Wildman–Crippen LogP) is 5.37. The van der Waals surface area contributed by atoms with Crippen LogP contribution in [0.2, 0.25) is 5.02 Å². The molecule has 1 N–H and O–H groups in total. The molecule has 150 valence electrons. The fourth-order valence-corrected chi connectivity index (χ4v) is 3.67. The van der Waals surface area contributed by atoms with E-state index in [0.29, 0.717) is 13.2 Å². The Kier molecular flexibility index (Phi) is 6.55. The second-order valence-corrected chi connectivity index (χ2v) is 7.45. The first-order valence-corrected chi connectivity index (χ1v) is 10.3. The summed E-state index contributed by atoms with van der Waals surface area (Å²) >= 11 is 6.53. The lowest BCUT2D eigenvalue weighted by Crippen LogP contribution is -2.36. The third-order valence-electron chi connectivity index (χ3n) is 4.94. The van der Waals surface area contributed by atoms with E-state index in [1.165, 1.54) is 0 Å². The van der Waals surface area contributed by atoms with Gasteiger partial charge >= 0.3 is 0 Å². The number of anilines is 2. The number of nitrogens with one attached hydrogen (secondary N) is 1. The van der Waals surface area contributed by atoms with Crippen molar-refractivity contribution >= 4 is 23.0 Å². The summed E-state index contributed by atoms with van der Waals surface area (Å²) in [5.41, 5.74) is 4.38. The Hall–Kier alpha value is -2.69. The van der Waals surface area contributed by atoms with Crippen molar-refractivity contribution in [3.63, 3.8) is 0 Å². The summed E-state index contributed by atoms with van der Waals surface area (Å²) in [6.45, 7) is 4.52. The molecule has 29 heavy (non-hydrogen) atoms. The summed E-state index contributed by atoms with van der Waals surface area (Å²) in [7, 11) is 0. The van der Waals surface area contributed by atoms with Crippen LogP contribution in [0.15, 0.2) is 72.8 Å². The highest BCUT2D eigenvalue weighted by Crippen LogP contribution is 2.29. The number of ether oxygens (including phenoxy) is 2. The van der Waals surface area contributed by atoms with Crippen LogP contribution in [0.25, 0.3) is 0 Å². The summed E-state index contributed by atoms with van der Waals surface area (Å²) in [4.78, 5) is 2.27. The molecule has 0 saturated carbocycles. The zero-order valence-electron chi connectivity index (χ0n) is 16.3. The van der Waals surface area contributed by atoms with Crippen molar-refractivity contribution in [1.29, 1.82) is 0 Å². The Morgan fingerprint density at radius 1 is 0.897 bits per heavy atom. The SMILES string of the molecule is Clc1cc(NCc2cccc(OCc3ccccc3)c2)ccc1N1CCOCC1. The van der Waals surface area contributed by atoms with E-state index in [4.69, 9.17) is 21.1 Å². The molecule has 0 amide bonds. The van der Waals surface area contributed by atoms with Crippen LogP contribution in [-0.4, -0.2) is 26.3 Å². The smallest absolute Gasteiger partial charge is 0.120 e. The van der Waals surface area contributed by atoms with Gasteiger partial charge in [-0.2, -0.15) is 0 Å². The molecular weight excluding hydrogens is 384 g/mol. The van der Waals surface area contributed by atoms with Crippen LogP contribution in [0.1, 0.15) is 11.1 Å². The zero-order valence-corrected chi connectivity index (χ0v) is 17.1. The van der Waals surface area contributed by atoms with E-state index in [1.807, 2.05) is 36.4 Å². The molecule has 0 spiro atoms. The van der Waals surface area contributed by atoms with Crippen LogP contribution in [-0.2, 0) is 17.9 Å². The molecule has 1 heterocycles. The molecule has 0 aliphatic carbocycles. The third-order valence-corrected chi connectivity index (χ3v) is 5.25. The molecule has 1 fully saturated rings. The zero-order chi connectivity index (χ0) is 19.9. The van der Waals surface area contributed by atoms with E-state index in [9.17, 15) is 0 Å². The molecule has 1 saturated heterocycles. The Bertz CT molecular complexity index is 927.